The van der Waals surface area contributed by atoms with E-state index in [1.807, 2.05) is 29.7 Å². The molecule has 1 unspecified atom stereocenters. The van der Waals surface area contributed by atoms with Gasteiger partial charge in [0, 0.05) is 18.0 Å². The van der Waals surface area contributed by atoms with Gasteiger partial charge in [-0.05, 0) is 36.4 Å². The summed E-state index contributed by atoms with van der Waals surface area (Å²) >= 11 is 2.93. The molecule has 0 aromatic carbocycles. The number of primary amides is 1. The summed E-state index contributed by atoms with van der Waals surface area (Å²) in [6.07, 6.45) is 5.38. The lowest BCUT2D eigenvalue weighted by Crippen LogP contribution is -2.44. The van der Waals surface area contributed by atoms with Gasteiger partial charge >= 0.3 is 0 Å². The second kappa shape index (κ2) is 8.30. The maximum Gasteiger partial charge on any atom is 0.233 e. The second-order valence-corrected chi connectivity index (χ2v) is 7.64. The van der Waals surface area contributed by atoms with Gasteiger partial charge in [-0.3, -0.25) is 14.7 Å². The molecule has 3 N–H and O–H groups in total. The molecule has 3 rings (SSSR count). The van der Waals surface area contributed by atoms with Crippen molar-refractivity contribution in [2.75, 3.05) is 18.8 Å². The summed E-state index contributed by atoms with van der Waals surface area (Å²) in [5.41, 5.74) is 5.35. The predicted octanol–water partition coefficient (Wildman–Crippen LogP) is 1.85. The molecule has 1 aliphatic rings. The van der Waals surface area contributed by atoms with Crippen LogP contribution in [0, 0.1) is 5.92 Å². The molecule has 25 heavy (non-hydrogen) atoms. The molecule has 1 saturated heterocycles. The summed E-state index contributed by atoms with van der Waals surface area (Å²) < 4.78 is 0. The number of thiophene rings is 1. The Morgan fingerprint density at radius 1 is 1.48 bits per heavy atom. The highest BCUT2D eigenvalue weighted by Gasteiger charge is 2.26. The fourth-order valence-electron chi connectivity index (χ4n) is 2.60. The third kappa shape index (κ3) is 4.93. The van der Waals surface area contributed by atoms with E-state index in [-0.39, 0.29) is 23.5 Å². The number of amides is 2. The Labute approximate surface area is 153 Å². The number of nitrogens with zero attached hydrogens (tertiary/aromatic N) is 3. The van der Waals surface area contributed by atoms with Crippen molar-refractivity contribution in [3.8, 4) is 0 Å². The normalized spacial score (nSPS) is 17.9. The molecule has 9 heteroatoms. The highest BCUT2D eigenvalue weighted by atomic mass is 32.2. The highest BCUT2D eigenvalue weighted by Crippen LogP contribution is 2.19. The average Bonchev–Trinajstić information content (AvgIpc) is 3.29. The van der Waals surface area contributed by atoms with Gasteiger partial charge in [0.1, 0.15) is 5.82 Å². The first-order chi connectivity index (χ1) is 12.1. The summed E-state index contributed by atoms with van der Waals surface area (Å²) in [6.45, 7) is 1.09. The molecule has 3 heterocycles. The van der Waals surface area contributed by atoms with Crippen molar-refractivity contribution in [1.82, 2.24) is 20.1 Å². The molecule has 0 radical (unpaired) electrons. The van der Waals surface area contributed by atoms with Gasteiger partial charge in [0.05, 0.1) is 11.7 Å². The summed E-state index contributed by atoms with van der Waals surface area (Å²) in [7, 11) is 0. The maximum absolute atomic E-state index is 12.3. The number of nitrogens with two attached hydrogens (primary N) is 1. The van der Waals surface area contributed by atoms with Crippen LogP contribution in [0.4, 0.5) is 0 Å². The summed E-state index contributed by atoms with van der Waals surface area (Å²) in [5, 5.41) is 9.49. The average molecular weight is 377 g/mol. The number of aromatic amines is 1. The number of thioether (sulfide) groups is 1. The van der Waals surface area contributed by atoms with E-state index in [0.29, 0.717) is 24.1 Å². The van der Waals surface area contributed by atoms with Gasteiger partial charge in [0.2, 0.25) is 17.0 Å². The molecule has 1 fully saturated rings. The smallest absolute Gasteiger partial charge is 0.233 e. The van der Waals surface area contributed by atoms with Gasteiger partial charge in [0.25, 0.3) is 0 Å². The van der Waals surface area contributed by atoms with Crippen LogP contribution in [-0.2, 0) is 9.59 Å². The predicted molar refractivity (Wildman–Crippen MR) is 98.9 cm³/mol. The number of hydrogen-bond donors (Lipinski definition) is 2. The van der Waals surface area contributed by atoms with E-state index in [2.05, 4.69) is 15.2 Å². The number of rotatable bonds is 6. The molecule has 1 aliphatic heterocycles. The Morgan fingerprint density at radius 2 is 2.36 bits per heavy atom. The molecule has 0 aliphatic carbocycles. The van der Waals surface area contributed by atoms with Crippen LogP contribution in [0.3, 0.4) is 0 Å². The number of nitrogens with one attached hydrogen (secondary N) is 1. The van der Waals surface area contributed by atoms with Gasteiger partial charge in [-0.25, -0.2) is 4.98 Å². The van der Waals surface area contributed by atoms with Crippen LogP contribution in [0.15, 0.2) is 22.7 Å². The van der Waals surface area contributed by atoms with Gasteiger partial charge in [0.15, 0.2) is 0 Å². The highest BCUT2D eigenvalue weighted by molar-refractivity contribution is 7.99. The van der Waals surface area contributed by atoms with Gasteiger partial charge < -0.3 is 10.6 Å². The minimum atomic E-state index is -0.332. The Kier molecular flexibility index (Phi) is 5.87. The number of aromatic nitrogens is 3. The van der Waals surface area contributed by atoms with Crippen molar-refractivity contribution in [3.05, 3.63) is 28.2 Å². The van der Waals surface area contributed by atoms with E-state index in [4.69, 9.17) is 5.73 Å². The maximum atomic E-state index is 12.3. The van der Waals surface area contributed by atoms with E-state index >= 15 is 0 Å². The largest absolute Gasteiger partial charge is 0.369 e. The molecule has 0 spiro atoms. The molecule has 0 bridgehead atoms. The van der Waals surface area contributed by atoms with Gasteiger partial charge in [-0.2, -0.15) is 0 Å². The molecule has 0 saturated carbocycles. The summed E-state index contributed by atoms with van der Waals surface area (Å²) in [6, 6.07) is 4.00. The van der Waals surface area contributed by atoms with E-state index in [0.717, 1.165) is 17.7 Å². The van der Waals surface area contributed by atoms with Crippen molar-refractivity contribution in [3.63, 3.8) is 0 Å². The number of piperidine rings is 1. The molecular weight excluding hydrogens is 358 g/mol. The number of carbonyl (C=O) groups is 2. The number of carbonyl (C=O) groups excluding carboxylic acids is 2. The monoisotopic (exact) mass is 377 g/mol. The lowest BCUT2D eigenvalue weighted by atomic mass is 9.97. The Balaban J connectivity index is 1.50. The van der Waals surface area contributed by atoms with Crippen molar-refractivity contribution in [1.29, 1.82) is 0 Å². The van der Waals surface area contributed by atoms with Crippen molar-refractivity contribution in [2.45, 2.75) is 18.0 Å². The van der Waals surface area contributed by atoms with E-state index in [1.165, 1.54) is 11.8 Å². The Hall–Kier alpha value is -2.13. The molecule has 7 nitrogen and oxygen atoms in total. The first kappa shape index (κ1) is 17.7. The second-order valence-electron chi connectivity index (χ2n) is 5.72. The molecular formula is C16H19N5O2S2. The van der Waals surface area contributed by atoms with Crippen LogP contribution in [0.5, 0.6) is 0 Å². The zero-order valence-corrected chi connectivity index (χ0v) is 15.2. The fourth-order valence-corrected chi connectivity index (χ4v) is 3.92. The van der Waals surface area contributed by atoms with Gasteiger partial charge in [-0.15, -0.1) is 16.4 Å². The number of hydrogen-bond acceptors (Lipinski definition) is 6. The van der Waals surface area contributed by atoms with Gasteiger partial charge in [-0.1, -0.05) is 17.8 Å². The van der Waals surface area contributed by atoms with Crippen LogP contribution in [0.2, 0.25) is 0 Å². The number of likely N-dealkylation sites (tertiary alicyclic amines) is 1. The van der Waals surface area contributed by atoms with Crippen LogP contribution in [0.1, 0.15) is 23.5 Å². The Bertz CT molecular complexity index is 756. The van der Waals surface area contributed by atoms with Crippen molar-refractivity contribution >= 4 is 47.1 Å². The summed E-state index contributed by atoms with van der Waals surface area (Å²) in [4.78, 5) is 30.8. The zero-order chi connectivity index (χ0) is 17.6. The quantitative estimate of drug-likeness (QED) is 0.748. The minimum Gasteiger partial charge on any atom is -0.369 e. The zero-order valence-electron chi connectivity index (χ0n) is 13.6. The molecule has 2 aromatic heterocycles. The third-order valence-electron chi connectivity index (χ3n) is 3.93. The molecule has 1 atom stereocenters. The van der Waals surface area contributed by atoms with Crippen LogP contribution >= 0.6 is 23.1 Å². The first-order valence-corrected chi connectivity index (χ1v) is 9.82. The van der Waals surface area contributed by atoms with Crippen LogP contribution in [-0.4, -0.2) is 50.7 Å². The fraction of sp³-hybridized carbons (Fsp3) is 0.375. The molecule has 132 valence electrons. The van der Waals surface area contributed by atoms with E-state index < -0.39 is 0 Å². The van der Waals surface area contributed by atoms with Crippen LogP contribution < -0.4 is 5.73 Å². The third-order valence-corrected chi connectivity index (χ3v) is 5.60. The van der Waals surface area contributed by atoms with Crippen molar-refractivity contribution < 1.29 is 9.59 Å². The van der Waals surface area contributed by atoms with Crippen molar-refractivity contribution in [2.24, 2.45) is 11.7 Å². The van der Waals surface area contributed by atoms with Crippen LogP contribution in [0.25, 0.3) is 12.2 Å². The first-order valence-electron chi connectivity index (χ1n) is 7.95. The summed E-state index contributed by atoms with van der Waals surface area (Å²) in [5.74, 6) is 0.310. The molecule has 2 amide bonds. The lowest BCUT2D eigenvalue weighted by molar-refractivity contribution is -0.132. The topological polar surface area (TPSA) is 105 Å². The number of H-pyrrole nitrogens is 1. The molecule has 2 aromatic rings. The minimum absolute atomic E-state index is 0.0172. The Morgan fingerprint density at radius 3 is 3.12 bits per heavy atom. The lowest BCUT2D eigenvalue weighted by Gasteiger charge is -2.31. The standard InChI is InChI=1S/C16H19N5O2S2/c17-15(23)11-3-1-7-21(9-11)14(22)10-25-16-18-13(19-20-16)6-5-12-4-2-8-24-12/h2,4-6,8,11H,1,3,7,9-10H2,(H2,17,23)(H,18,19,20)/b6-5+. The SMILES string of the molecule is NC(=O)C1CCCN(C(=O)CSc2n[nH]c(/C=C/c3cccs3)n2)C1. The van der Waals surface area contributed by atoms with E-state index in [9.17, 15) is 9.59 Å². The van der Waals surface area contributed by atoms with E-state index in [1.54, 1.807) is 16.2 Å².